The second-order valence-corrected chi connectivity index (χ2v) is 6.71. The Hall–Kier alpha value is -0.970. The summed E-state index contributed by atoms with van der Waals surface area (Å²) in [5.74, 6) is 1.11. The van der Waals surface area contributed by atoms with Gasteiger partial charge in [-0.3, -0.25) is 0 Å². The normalized spacial score (nSPS) is 14.0. The molecule has 120 valence electrons. The molecular formula is C17H23ClN2OS. The first-order valence-electron chi connectivity index (χ1n) is 7.72. The van der Waals surface area contributed by atoms with E-state index in [1.807, 2.05) is 61.7 Å². The topological polar surface area (TPSA) is 27.1 Å². The van der Waals surface area contributed by atoms with Crippen LogP contribution in [0.2, 0.25) is 5.02 Å². The van der Waals surface area contributed by atoms with Crippen LogP contribution >= 0.6 is 23.4 Å². The molecule has 0 radical (unpaired) electrons. The van der Waals surface area contributed by atoms with Crippen LogP contribution in [0.25, 0.3) is 0 Å². The first-order chi connectivity index (χ1) is 10.8. The van der Waals surface area contributed by atoms with Gasteiger partial charge in [0.05, 0.1) is 6.33 Å². The Morgan fingerprint density at radius 3 is 2.64 bits per heavy atom. The third-order valence-corrected chi connectivity index (χ3v) is 5.02. The fourth-order valence-electron chi connectivity index (χ4n) is 2.27. The van der Waals surface area contributed by atoms with Gasteiger partial charge in [0.2, 0.25) is 0 Å². The maximum absolute atomic E-state index is 6.07. The summed E-state index contributed by atoms with van der Waals surface area (Å²) < 4.78 is 8.21. The molecule has 0 aliphatic carbocycles. The molecule has 2 aromatic rings. The minimum absolute atomic E-state index is 0.0154. The Bertz CT molecular complexity index is 530. The van der Waals surface area contributed by atoms with Crippen molar-refractivity contribution in [2.24, 2.45) is 0 Å². The highest BCUT2D eigenvalue weighted by molar-refractivity contribution is 7.99. The van der Waals surface area contributed by atoms with E-state index in [0.717, 1.165) is 16.3 Å². The largest absolute Gasteiger partial charge is 0.371 e. The van der Waals surface area contributed by atoms with Gasteiger partial charge in [-0.15, -0.1) is 11.8 Å². The third-order valence-electron chi connectivity index (χ3n) is 3.41. The van der Waals surface area contributed by atoms with E-state index in [9.17, 15) is 0 Å². The highest BCUT2D eigenvalue weighted by Gasteiger charge is 2.25. The zero-order chi connectivity index (χ0) is 15.8. The number of nitrogens with zero attached hydrogens (tertiary/aromatic N) is 2. The maximum Gasteiger partial charge on any atom is 0.113 e. The SMILES string of the molecule is CCCCSC(C(OCC)c1ccc(Cl)cc1)n1ccnc1. The molecule has 22 heavy (non-hydrogen) atoms. The lowest BCUT2D eigenvalue weighted by atomic mass is 10.1. The van der Waals surface area contributed by atoms with Crippen LogP contribution in [0.3, 0.4) is 0 Å². The Kier molecular flexibility index (Phi) is 7.30. The lowest BCUT2D eigenvalue weighted by Crippen LogP contribution is -2.18. The predicted molar refractivity (Wildman–Crippen MR) is 94.4 cm³/mol. The van der Waals surface area contributed by atoms with Gasteiger partial charge in [0, 0.05) is 24.0 Å². The number of hydrogen-bond acceptors (Lipinski definition) is 3. The van der Waals surface area contributed by atoms with Gasteiger partial charge in [0.25, 0.3) is 0 Å². The van der Waals surface area contributed by atoms with Crippen molar-refractivity contribution >= 4 is 23.4 Å². The summed E-state index contributed by atoms with van der Waals surface area (Å²) in [6.45, 7) is 4.92. The van der Waals surface area contributed by atoms with Gasteiger partial charge in [-0.1, -0.05) is 37.1 Å². The number of benzene rings is 1. The second kappa shape index (κ2) is 9.23. The van der Waals surface area contributed by atoms with Gasteiger partial charge in [-0.2, -0.15) is 0 Å². The second-order valence-electron chi connectivity index (χ2n) is 5.05. The summed E-state index contributed by atoms with van der Waals surface area (Å²) in [7, 11) is 0. The van der Waals surface area contributed by atoms with E-state index in [1.165, 1.54) is 12.8 Å². The molecule has 0 spiro atoms. The average Bonchev–Trinajstić information content (AvgIpc) is 3.05. The fraction of sp³-hybridized carbons (Fsp3) is 0.471. The minimum Gasteiger partial charge on any atom is -0.371 e. The molecule has 2 unspecified atom stereocenters. The molecule has 0 saturated carbocycles. The summed E-state index contributed by atoms with van der Waals surface area (Å²) in [6, 6.07) is 7.94. The van der Waals surface area contributed by atoms with E-state index in [4.69, 9.17) is 16.3 Å². The van der Waals surface area contributed by atoms with Crippen LogP contribution in [0.4, 0.5) is 0 Å². The lowest BCUT2D eigenvalue weighted by Gasteiger charge is -2.28. The molecule has 0 aliphatic rings. The number of aromatic nitrogens is 2. The number of ether oxygens (including phenoxy) is 1. The van der Waals surface area contributed by atoms with E-state index >= 15 is 0 Å². The van der Waals surface area contributed by atoms with Crippen LogP contribution in [0.5, 0.6) is 0 Å². The lowest BCUT2D eigenvalue weighted by molar-refractivity contribution is 0.0469. The van der Waals surface area contributed by atoms with Gasteiger partial charge < -0.3 is 9.30 Å². The van der Waals surface area contributed by atoms with E-state index in [2.05, 4.69) is 16.5 Å². The molecule has 1 heterocycles. The molecule has 2 rings (SSSR count). The Morgan fingerprint density at radius 2 is 2.05 bits per heavy atom. The van der Waals surface area contributed by atoms with Crippen LogP contribution in [0, 0.1) is 0 Å². The summed E-state index contributed by atoms with van der Waals surface area (Å²) in [5, 5.41) is 0.923. The Balaban J connectivity index is 2.24. The number of rotatable bonds is 9. The van der Waals surface area contributed by atoms with E-state index in [0.29, 0.717) is 6.61 Å². The van der Waals surface area contributed by atoms with Crippen LogP contribution in [-0.4, -0.2) is 21.9 Å². The molecule has 0 aliphatic heterocycles. The molecule has 1 aromatic heterocycles. The first-order valence-corrected chi connectivity index (χ1v) is 9.15. The summed E-state index contributed by atoms with van der Waals surface area (Å²) >= 11 is 7.93. The number of imidazole rings is 1. The third kappa shape index (κ3) is 4.77. The van der Waals surface area contributed by atoms with E-state index < -0.39 is 0 Å². The standard InChI is InChI=1S/C17H23ClN2OS/c1-3-5-12-22-17(20-11-10-19-13-20)16(21-4-2)14-6-8-15(18)9-7-14/h6-11,13,16-17H,3-5,12H2,1-2H3. The van der Waals surface area contributed by atoms with Crippen molar-refractivity contribution in [3.8, 4) is 0 Å². The summed E-state index contributed by atoms with van der Waals surface area (Å²) in [5.41, 5.74) is 1.15. The molecule has 0 fully saturated rings. The van der Waals surface area contributed by atoms with Crippen molar-refractivity contribution in [2.45, 2.75) is 38.2 Å². The van der Waals surface area contributed by atoms with Crippen molar-refractivity contribution in [3.05, 3.63) is 53.6 Å². The predicted octanol–water partition coefficient (Wildman–Crippen LogP) is 5.35. The van der Waals surface area contributed by atoms with Crippen LogP contribution in [0.15, 0.2) is 43.0 Å². The minimum atomic E-state index is -0.0154. The van der Waals surface area contributed by atoms with Crippen molar-refractivity contribution in [3.63, 3.8) is 0 Å². The van der Waals surface area contributed by atoms with E-state index in [1.54, 1.807) is 0 Å². The molecular weight excluding hydrogens is 316 g/mol. The van der Waals surface area contributed by atoms with Crippen molar-refractivity contribution < 1.29 is 4.74 Å². The zero-order valence-electron chi connectivity index (χ0n) is 13.1. The van der Waals surface area contributed by atoms with Crippen molar-refractivity contribution in [1.82, 2.24) is 9.55 Å². The van der Waals surface area contributed by atoms with Crippen molar-refractivity contribution in [1.29, 1.82) is 0 Å². The molecule has 5 heteroatoms. The number of thioether (sulfide) groups is 1. The Morgan fingerprint density at radius 1 is 1.27 bits per heavy atom. The van der Waals surface area contributed by atoms with E-state index in [-0.39, 0.29) is 11.5 Å². The molecule has 1 aromatic carbocycles. The van der Waals surface area contributed by atoms with Gasteiger partial charge in [-0.05, 0) is 36.8 Å². The molecule has 2 atom stereocenters. The number of hydrogen-bond donors (Lipinski definition) is 0. The molecule has 0 N–H and O–H groups in total. The average molecular weight is 339 g/mol. The molecule has 3 nitrogen and oxygen atoms in total. The quantitative estimate of drug-likeness (QED) is 0.577. The fourth-order valence-corrected chi connectivity index (χ4v) is 3.80. The highest BCUT2D eigenvalue weighted by Crippen LogP contribution is 2.39. The van der Waals surface area contributed by atoms with Gasteiger partial charge in [-0.25, -0.2) is 4.98 Å². The van der Waals surface area contributed by atoms with Crippen LogP contribution < -0.4 is 0 Å². The monoisotopic (exact) mass is 338 g/mol. The summed E-state index contributed by atoms with van der Waals surface area (Å²) in [4.78, 5) is 4.19. The maximum atomic E-state index is 6.07. The number of halogens is 1. The number of unbranched alkanes of at least 4 members (excludes halogenated alkanes) is 1. The first kappa shape index (κ1) is 17.4. The van der Waals surface area contributed by atoms with Crippen LogP contribution in [-0.2, 0) is 4.74 Å². The van der Waals surface area contributed by atoms with Gasteiger partial charge >= 0.3 is 0 Å². The van der Waals surface area contributed by atoms with Gasteiger partial charge in [0.1, 0.15) is 11.5 Å². The zero-order valence-corrected chi connectivity index (χ0v) is 14.7. The van der Waals surface area contributed by atoms with Crippen molar-refractivity contribution in [2.75, 3.05) is 12.4 Å². The molecule has 0 amide bonds. The smallest absolute Gasteiger partial charge is 0.113 e. The van der Waals surface area contributed by atoms with Crippen LogP contribution in [0.1, 0.15) is 43.7 Å². The molecule has 0 saturated heterocycles. The Labute approximate surface area is 142 Å². The van der Waals surface area contributed by atoms with Gasteiger partial charge in [0.15, 0.2) is 0 Å². The molecule has 0 bridgehead atoms. The summed E-state index contributed by atoms with van der Waals surface area (Å²) in [6.07, 6.45) is 8.08. The highest BCUT2D eigenvalue weighted by atomic mass is 35.5.